The molecule has 3 heterocycles. The van der Waals surface area contributed by atoms with E-state index in [1.54, 1.807) is 11.9 Å². The topological polar surface area (TPSA) is 102 Å². The fourth-order valence-corrected chi connectivity index (χ4v) is 4.31. The number of halogens is 1. The Balaban J connectivity index is 1.89. The largest absolute Gasteiger partial charge is 0.340 e. The van der Waals surface area contributed by atoms with Gasteiger partial charge in [-0.15, -0.1) is 0 Å². The molecule has 2 aromatic carbocycles. The Morgan fingerprint density at radius 3 is 2.41 bits per heavy atom. The van der Waals surface area contributed by atoms with Crippen LogP contribution >= 0.6 is 15.9 Å². The molecule has 144 valence electrons. The third-order valence-corrected chi connectivity index (χ3v) is 5.87. The Hall–Kier alpha value is -3.39. The Labute approximate surface area is 172 Å². The lowest BCUT2D eigenvalue weighted by atomic mass is 9.89. The van der Waals surface area contributed by atoms with E-state index in [-0.39, 0.29) is 11.3 Å². The number of amides is 1. The van der Waals surface area contributed by atoms with Crippen LogP contribution in [0.2, 0.25) is 0 Å². The van der Waals surface area contributed by atoms with Crippen LogP contribution in [-0.2, 0) is 4.79 Å². The standard InChI is InChI=1S/C21H15BrN4O3/c1-26-13-5-3-2-4-12(13)14(20(26)28)15-16-18(24-21(29)25-19(16)27)23-17(15)10-6-8-11(22)9-7-10/h2-9,14H,1H3,(H3,23,24,25,27,29)/t14-/m0/s1. The molecular formula is C21H15BrN4O3. The van der Waals surface area contributed by atoms with Crippen LogP contribution in [0.1, 0.15) is 17.0 Å². The molecule has 0 unspecified atom stereocenters. The maximum absolute atomic E-state index is 13.2. The van der Waals surface area contributed by atoms with E-state index in [1.165, 1.54) is 0 Å². The number of para-hydroxylation sites is 1. The summed E-state index contributed by atoms with van der Waals surface area (Å²) in [6.07, 6.45) is 0. The number of anilines is 1. The van der Waals surface area contributed by atoms with E-state index in [0.29, 0.717) is 16.9 Å². The summed E-state index contributed by atoms with van der Waals surface area (Å²) in [5.74, 6) is -0.785. The summed E-state index contributed by atoms with van der Waals surface area (Å²) < 4.78 is 0.909. The van der Waals surface area contributed by atoms with Crippen LogP contribution in [0.5, 0.6) is 0 Å². The first-order valence-electron chi connectivity index (χ1n) is 8.96. The highest BCUT2D eigenvalue weighted by molar-refractivity contribution is 9.10. The molecule has 0 saturated heterocycles. The van der Waals surface area contributed by atoms with Gasteiger partial charge in [-0.2, -0.15) is 0 Å². The molecule has 2 aromatic heterocycles. The number of nitrogens with one attached hydrogen (secondary N) is 3. The number of fused-ring (bicyclic) bond motifs is 2. The number of likely N-dealkylation sites (N-methyl/N-ethyl adjacent to an activating group) is 1. The fourth-order valence-electron chi connectivity index (χ4n) is 4.05. The van der Waals surface area contributed by atoms with E-state index in [9.17, 15) is 14.4 Å². The monoisotopic (exact) mass is 450 g/mol. The molecule has 29 heavy (non-hydrogen) atoms. The van der Waals surface area contributed by atoms with Crippen molar-refractivity contribution in [3.8, 4) is 11.3 Å². The van der Waals surface area contributed by atoms with Gasteiger partial charge in [0.2, 0.25) is 5.91 Å². The Morgan fingerprint density at radius 2 is 1.66 bits per heavy atom. The maximum Gasteiger partial charge on any atom is 0.327 e. The van der Waals surface area contributed by atoms with Gasteiger partial charge in [0.05, 0.1) is 17.0 Å². The smallest absolute Gasteiger partial charge is 0.327 e. The maximum atomic E-state index is 13.2. The van der Waals surface area contributed by atoms with Crippen molar-refractivity contribution in [3.63, 3.8) is 0 Å². The Kier molecular flexibility index (Phi) is 3.85. The molecule has 0 aliphatic carbocycles. The first-order chi connectivity index (χ1) is 14.0. The van der Waals surface area contributed by atoms with Gasteiger partial charge in [0, 0.05) is 22.8 Å². The molecule has 7 nitrogen and oxygen atoms in total. The summed E-state index contributed by atoms with van der Waals surface area (Å²) >= 11 is 3.42. The number of aromatic nitrogens is 3. The van der Waals surface area contributed by atoms with E-state index < -0.39 is 17.2 Å². The minimum absolute atomic E-state index is 0.129. The number of hydrogen-bond acceptors (Lipinski definition) is 3. The number of nitrogens with zero attached hydrogens (tertiary/aromatic N) is 1. The SMILES string of the molecule is CN1C(=O)[C@H](c2c(-c3ccc(Br)cc3)[nH]c3[nH]c(=O)[nH]c(=O)c23)c2ccccc21. The first-order valence-corrected chi connectivity index (χ1v) is 9.75. The van der Waals surface area contributed by atoms with Crippen molar-refractivity contribution in [2.24, 2.45) is 0 Å². The predicted molar refractivity (Wildman–Crippen MR) is 114 cm³/mol. The van der Waals surface area contributed by atoms with Crippen molar-refractivity contribution in [1.82, 2.24) is 15.0 Å². The summed E-state index contributed by atoms with van der Waals surface area (Å²) in [6.45, 7) is 0. The molecule has 0 bridgehead atoms. The summed E-state index contributed by atoms with van der Waals surface area (Å²) in [6, 6.07) is 15.1. The molecule has 0 radical (unpaired) electrons. The first kappa shape index (κ1) is 17.7. The van der Waals surface area contributed by atoms with Crippen LogP contribution in [0.15, 0.2) is 62.6 Å². The van der Waals surface area contributed by atoms with E-state index in [4.69, 9.17) is 0 Å². The van der Waals surface area contributed by atoms with Gasteiger partial charge in [0.25, 0.3) is 5.56 Å². The third-order valence-electron chi connectivity index (χ3n) is 5.34. The molecule has 5 rings (SSSR count). The number of aromatic amines is 3. The minimum atomic E-state index is -0.657. The van der Waals surface area contributed by atoms with Gasteiger partial charge in [-0.05, 0) is 29.3 Å². The minimum Gasteiger partial charge on any atom is -0.340 e. The predicted octanol–water partition coefficient (Wildman–Crippen LogP) is 3.08. The zero-order valence-electron chi connectivity index (χ0n) is 15.2. The molecule has 0 fully saturated rings. The average Bonchev–Trinajstić information content (AvgIpc) is 3.18. The molecule has 0 spiro atoms. The van der Waals surface area contributed by atoms with Gasteiger partial charge in [0.1, 0.15) is 5.65 Å². The average molecular weight is 451 g/mol. The van der Waals surface area contributed by atoms with Crippen molar-refractivity contribution in [2.75, 3.05) is 11.9 Å². The molecule has 8 heteroatoms. The van der Waals surface area contributed by atoms with Gasteiger partial charge in [-0.1, -0.05) is 46.3 Å². The number of H-pyrrole nitrogens is 3. The van der Waals surface area contributed by atoms with Crippen LogP contribution < -0.4 is 16.1 Å². The molecular weight excluding hydrogens is 436 g/mol. The second-order valence-electron chi connectivity index (χ2n) is 6.97. The summed E-state index contributed by atoms with van der Waals surface area (Å²) in [4.78, 5) is 47.5. The molecule has 4 aromatic rings. The van der Waals surface area contributed by atoms with Gasteiger partial charge in [-0.3, -0.25) is 19.6 Å². The molecule has 1 atom stereocenters. The fraction of sp³-hybridized carbons (Fsp3) is 0.0952. The van der Waals surface area contributed by atoms with Gasteiger partial charge in [-0.25, -0.2) is 4.79 Å². The number of rotatable bonds is 2. The molecule has 0 saturated carbocycles. The van der Waals surface area contributed by atoms with E-state index >= 15 is 0 Å². The van der Waals surface area contributed by atoms with Crippen LogP contribution in [0.25, 0.3) is 22.3 Å². The molecule has 1 aliphatic rings. The quantitative estimate of drug-likeness (QED) is 0.437. The number of benzene rings is 2. The van der Waals surface area contributed by atoms with Crippen molar-refractivity contribution < 1.29 is 4.79 Å². The van der Waals surface area contributed by atoms with Crippen molar-refractivity contribution >= 4 is 38.6 Å². The zero-order valence-corrected chi connectivity index (χ0v) is 16.8. The molecule has 1 amide bonds. The van der Waals surface area contributed by atoms with Crippen LogP contribution in [-0.4, -0.2) is 27.9 Å². The Bertz CT molecular complexity index is 1400. The number of hydrogen-bond donors (Lipinski definition) is 3. The van der Waals surface area contributed by atoms with E-state index in [2.05, 4.69) is 30.9 Å². The molecule has 3 N–H and O–H groups in total. The summed E-state index contributed by atoms with van der Waals surface area (Å²) in [5.41, 5.74) is 2.78. The lowest BCUT2D eigenvalue weighted by Gasteiger charge is -2.13. The molecule has 1 aliphatic heterocycles. The number of carbonyl (C=O) groups is 1. The van der Waals surface area contributed by atoms with Crippen molar-refractivity contribution in [2.45, 2.75) is 5.92 Å². The number of carbonyl (C=O) groups excluding carboxylic acids is 1. The lowest BCUT2D eigenvalue weighted by Crippen LogP contribution is -2.26. The van der Waals surface area contributed by atoms with E-state index in [0.717, 1.165) is 21.3 Å². The summed E-state index contributed by atoms with van der Waals surface area (Å²) in [7, 11) is 1.72. The highest BCUT2D eigenvalue weighted by Crippen LogP contribution is 2.45. The van der Waals surface area contributed by atoms with Crippen LogP contribution in [0.4, 0.5) is 5.69 Å². The van der Waals surface area contributed by atoms with Gasteiger partial charge >= 0.3 is 5.69 Å². The Morgan fingerprint density at radius 1 is 0.931 bits per heavy atom. The normalized spacial score (nSPS) is 15.9. The highest BCUT2D eigenvalue weighted by Gasteiger charge is 2.39. The second-order valence-corrected chi connectivity index (χ2v) is 7.88. The van der Waals surface area contributed by atoms with E-state index in [1.807, 2.05) is 48.5 Å². The zero-order chi connectivity index (χ0) is 20.3. The van der Waals surface area contributed by atoms with Crippen LogP contribution in [0, 0.1) is 0 Å². The van der Waals surface area contributed by atoms with Crippen LogP contribution in [0.3, 0.4) is 0 Å². The van der Waals surface area contributed by atoms with Gasteiger partial charge in [0.15, 0.2) is 0 Å². The van der Waals surface area contributed by atoms with Crippen molar-refractivity contribution in [3.05, 3.63) is 85.0 Å². The lowest BCUT2D eigenvalue weighted by molar-refractivity contribution is -0.118. The summed E-state index contributed by atoms with van der Waals surface area (Å²) in [5, 5.41) is 0.283. The van der Waals surface area contributed by atoms with Gasteiger partial charge < -0.3 is 9.88 Å². The third kappa shape index (κ3) is 2.60. The second kappa shape index (κ2) is 6.31. The highest BCUT2D eigenvalue weighted by atomic mass is 79.9. The van der Waals surface area contributed by atoms with Crippen molar-refractivity contribution in [1.29, 1.82) is 0 Å².